The van der Waals surface area contributed by atoms with Gasteiger partial charge in [0.05, 0.1) is 17.1 Å². The minimum atomic E-state index is -0.435. The lowest BCUT2D eigenvalue weighted by molar-refractivity contribution is -0.384. The summed E-state index contributed by atoms with van der Waals surface area (Å²) in [4.78, 5) is 21.4. The molecule has 1 aliphatic heterocycles. The van der Waals surface area contributed by atoms with Gasteiger partial charge in [-0.05, 0) is 31.5 Å². The Morgan fingerprint density at radius 1 is 1.35 bits per heavy atom. The number of non-ortho nitro benzene ring substituents is 1. The van der Waals surface area contributed by atoms with Crippen molar-refractivity contribution in [2.24, 2.45) is 0 Å². The van der Waals surface area contributed by atoms with Gasteiger partial charge in [-0.15, -0.1) is 0 Å². The van der Waals surface area contributed by atoms with Gasteiger partial charge in [0, 0.05) is 25.0 Å². The molecular weight excluding hydrogens is 262 g/mol. The van der Waals surface area contributed by atoms with Crippen LogP contribution in [0.3, 0.4) is 0 Å². The third-order valence-electron chi connectivity index (χ3n) is 3.21. The zero-order valence-electron chi connectivity index (χ0n) is 11.4. The number of hydrogen-bond donors (Lipinski definition) is 0. The Balaban J connectivity index is 2.10. The molecule has 3 atom stereocenters. The predicted octanol–water partition coefficient (Wildman–Crippen LogP) is 2.77. The van der Waals surface area contributed by atoms with Gasteiger partial charge in [-0.25, -0.2) is 0 Å². The molecule has 1 saturated heterocycles. The van der Waals surface area contributed by atoms with Crippen molar-refractivity contribution in [1.29, 1.82) is 0 Å². The number of Topliss-reactive ketones (excluding diaryl/α,β-unsaturated/α-hetero) is 1. The normalized spacial score (nSPS) is 26.2. The van der Waals surface area contributed by atoms with Crippen LogP contribution in [0.5, 0.6) is 0 Å². The van der Waals surface area contributed by atoms with E-state index in [9.17, 15) is 14.9 Å². The second-order valence-corrected chi connectivity index (χ2v) is 4.94. The summed E-state index contributed by atoms with van der Waals surface area (Å²) in [6, 6.07) is 6.29. The largest absolute Gasteiger partial charge is 0.349 e. The summed E-state index contributed by atoms with van der Waals surface area (Å²) in [5, 5.41) is 10.6. The van der Waals surface area contributed by atoms with Crippen molar-refractivity contribution in [2.45, 2.75) is 45.2 Å². The van der Waals surface area contributed by atoms with Crippen LogP contribution in [0, 0.1) is 10.1 Å². The first-order valence-electron chi connectivity index (χ1n) is 6.50. The Morgan fingerprint density at radius 2 is 2.00 bits per heavy atom. The van der Waals surface area contributed by atoms with E-state index in [0.717, 1.165) is 5.56 Å². The quantitative estimate of drug-likeness (QED) is 0.625. The van der Waals surface area contributed by atoms with Crippen LogP contribution >= 0.6 is 0 Å². The Bertz CT molecular complexity index is 499. The van der Waals surface area contributed by atoms with Crippen LogP contribution < -0.4 is 0 Å². The van der Waals surface area contributed by atoms with Gasteiger partial charge in [0.15, 0.2) is 6.29 Å². The molecule has 6 nitrogen and oxygen atoms in total. The second-order valence-electron chi connectivity index (χ2n) is 4.94. The Labute approximate surface area is 116 Å². The molecule has 20 heavy (non-hydrogen) atoms. The zero-order valence-corrected chi connectivity index (χ0v) is 11.4. The van der Waals surface area contributed by atoms with Crippen molar-refractivity contribution < 1.29 is 19.2 Å². The van der Waals surface area contributed by atoms with E-state index >= 15 is 0 Å². The lowest BCUT2D eigenvalue weighted by Crippen LogP contribution is -2.33. The molecule has 0 amide bonds. The number of carbonyl (C=O) groups is 1. The summed E-state index contributed by atoms with van der Waals surface area (Å²) in [7, 11) is 0. The lowest BCUT2D eigenvalue weighted by atomic mass is 9.99. The molecule has 2 rings (SSSR count). The van der Waals surface area contributed by atoms with Crippen LogP contribution in [-0.4, -0.2) is 23.1 Å². The highest BCUT2D eigenvalue weighted by Crippen LogP contribution is 2.32. The molecular formula is C14H17NO5. The van der Waals surface area contributed by atoms with E-state index in [0.29, 0.717) is 12.8 Å². The molecule has 1 heterocycles. The van der Waals surface area contributed by atoms with E-state index in [1.807, 2.05) is 0 Å². The smallest absolute Gasteiger partial charge is 0.269 e. The molecule has 1 aromatic carbocycles. The highest BCUT2D eigenvalue weighted by molar-refractivity contribution is 5.76. The maximum atomic E-state index is 11.2. The average Bonchev–Trinajstić information content (AvgIpc) is 2.37. The Morgan fingerprint density at radius 3 is 2.55 bits per heavy atom. The molecule has 1 aliphatic rings. The van der Waals surface area contributed by atoms with Gasteiger partial charge >= 0.3 is 0 Å². The summed E-state index contributed by atoms with van der Waals surface area (Å²) in [5.41, 5.74) is 0.911. The SMILES string of the molecule is CC(=O)C[C@@H]1C[C@H](c2ccc([N+](=O)[O-])cc2)O[C@H](C)O1. The van der Waals surface area contributed by atoms with Crippen molar-refractivity contribution in [1.82, 2.24) is 0 Å². The standard InChI is InChI=1S/C14H17NO5/c1-9(16)7-13-8-14(20-10(2)19-13)11-3-5-12(6-4-11)15(17)18/h3-6,10,13-14H,7-8H2,1-2H3/t10-,13-,14-/m1/s1. The summed E-state index contributed by atoms with van der Waals surface area (Å²) < 4.78 is 11.2. The van der Waals surface area contributed by atoms with E-state index in [4.69, 9.17) is 9.47 Å². The van der Waals surface area contributed by atoms with Gasteiger partial charge in [-0.1, -0.05) is 0 Å². The number of nitro benzene ring substituents is 1. The van der Waals surface area contributed by atoms with Crippen molar-refractivity contribution in [2.75, 3.05) is 0 Å². The molecule has 0 bridgehead atoms. The molecule has 0 aromatic heterocycles. The first-order chi connectivity index (χ1) is 9.45. The van der Waals surface area contributed by atoms with E-state index in [2.05, 4.69) is 0 Å². The fraction of sp³-hybridized carbons (Fsp3) is 0.500. The summed E-state index contributed by atoms with van der Waals surface area (Å²) >= 11 is 0. The average molecular weight is 279 g/mol. The number of benzene rings is 1. The Kier molecular flexibility index (Phi) is 4.46. The van der Waals surface area contributed by atoms with E-state index in [1.54, 1.807) is 19.1 Å². The van der Waals surface area contributed by atoms with Gasteiger partial charge < -0.3 is 9.47 Å². The first kappa shape index (κ1) is 14.6. The number of hydrogen-bond acceptors (Lipinski definition) is 5. The zero-order chi connectivity index (χ0) is 14.7. The summed E-state index contributed by atoms with van der Waals surface area (Å²) in [6.07, 6.45) is 0.160. The number of rotatable bonds is 4. The van der Waals surface area contributed by atoms with Gasteiger partial charge in [-0.3, -0.25) is 14.9 Å². The third kappa shape index (κ3) is 3.61. The van der Waals surface area contributed by atoms with E-state index in [1.165, 1.54) is 19.1 Å². The molecule has 1 aromatic rings. The van der Waals surface area contributed by atoms with Crippen LogP contribution in [0.15, 0.2) is 24.3 Å². The first-order valence-corrected chi connectivity index (χ1v) is 6.50. The molecule has 0 saturated carbocycles. The molecule has 0 N–H and O–H groups in total. The van der Waals surface area contributed by atoms with Crippen molar-refractivity contribution in [3.8, 4) is 0 Å². The van der Waals surface area contributed by atoms with Crippen LogP contribution in [0.4, 0.5) is 5.69 Å². The highest BCUT2D eigenvalue weighted by Gasteiger charge is 2.29. The third-order valence-corrected chi connectivity index (χ3v) is 3.21. The van der Waals surface area contributed by atoms with Crippen molar-refractivity contribution in [3.63, 3.8) is 0 Å². The molecule has 0 radical (unpaired) electrons. The van der Waals surface area contributed by atoms with Crippen LogP contribution in [0.1, 0.15) is 38.4 Å². The lowest BCUT2D eigenvalue weighted by Gasteiger charge is -2.34. The predicted molar refractivity (Wildman–Crippen MR) is 71.2 cm³/mol. The molecule has 0 spiro atoms. The second kappa shape index (κ2) is 6.11. The van der Waals surface area contributed by atoms with Crippen molar-refractivity contribution >= 4 is 11.5 Å². The fourth-order valence-electron chi connectivity index (χ4n) is 2.36. The van der Waals surface area contributed by atoms with Gasteiger partial charge in [-0.2, -0.15) is 0 Å². The number of nitrogens with zero attached hydrogens (tertiary/aromatic N) is 1. The number of carbonyl (C=O) groups excluding carboxylic acids is 1. The summed E-state index contributed by atoms with van der Waals surface area (Å²) in [6.45, 7) is 3.31. The van der Waals surface area contributed by atoms with Gasteiger partial charge in [0.25, 0.3) is 5.69 Å². The maximum Gasteiger partial charge on any atom is 0.269 e. The topological polar surface area (TPSA) is 78.7 Å². The number of ketones is 1. The van der Waals surface area contributed by atoms with Gasteiger partial charge in [0.2, 0.25) is 0 Å². The highest BCUT2D eigenvalue weighted by atomic mass is 16.7. The summed E-state index contributed by atoms with van der Waals surface area (Å²) in [5.74, 6) is 0.0755. The van der Waals surface area contributed by atoms with Crippen LogP contribution in [0.2, 0.25) is 0 Å². The van der Waals surface area contributed by atoms with E-state index < -0.39 is 11.2 Å². The minimum absolute atomic E-state index is 0.0501. The van der Waals surface area contributed by atoms with E-state index in [-0.39, 0.29) is 23.7 Å². The molecule has 1 fully saturated rings. The maximum absolute atomic E-state index is 11.2. The molecule has 0 unspecified atom stereocenters. The number of ether oxygens (including phenoxy) is 2. The monoisotopic (exact) mass is 279 g/mol. The van der Waals surface area contributed by atoms with Crippen LogP contribution in [-0.2, 0) is 14.3 Å². The Hall–Kier alpha value is -1.79. The van der Waals surface area contributed by atoms with Gasteiger partial charge in [0.1, 0.15) is 5.78 Å². The molecule has 6 heteroatoms. The molecule has 0 aliphatic carbocycles. The van der Waals surface area contributed by atoms with Crippen molar-refractivity contribution in [3.05, 3.63) is 39.9 Å². The number of nitro groups is 1. The fourth-order valence-corrected chi connectivity index (χ4v) is 2.36. The molecule has 108 valence electrons. The minimum Gasteiger partial charge on any atom is -0.349 e. The van der Waals surface area contributed by atoms with Crippen LogP contribution in [0.25, 0.3) is 0 Å².